The lowest BCUT2D eigenvalue weighted by Gasteiger charge is -2.20. The van der Waals surface area contributed by atoms with Crippen LogP contribution in [0.25, 0.3) is 0 Å². The minimum Gasteiger partial charge on any atom is -0.389 e. The summed E-state index contributed by atoms with van der Waals surface area (Å²) in [7, 11) is 0. The molecule has 0 aliphatic rings. The smallest absolute Gasteiger partial charge is 0.134 e. The summed E-state index contributed by atoms with van der Waals surface area (Å²) in [6, 6.07) is 0. The van der Waals surface area contributed by atoms with Gasteiger partial charge in [-0.05, 0) is 13.5 Å². The quantitative estimate of drug-likeness (QED) is 0.438. The lowest BCUT2D eigenvalue weighted by molar-refractivity contribution is -0.0363. The molecule has 0 spiro atoms. The summed E-state index contributed by atoms with van der Waals surface area (Å²) in [5, 5.41) is 12.1. The number of ether oxygens (including phenoxy) is 1. The van der Waals surface area contributed by atoms with Gasteiger partial charge in [-0.1, -0.05) is 13.0 Å². The lowest BCUT2D eigenvalue weighted by Crippen LogP contribution is -2.40. The van der Waals surface area contributed by atoms with Crippen LogP contribution in [0, 0.1) is 0 Å². The van der Waals surface area contributed by atoms with Crippen LogP contribution in [0.15, 0.2) is 12.7 Å². The second-order valence-electron chi connectivity index (χ2n) is 2.34. The molecule has 0 aliphatic carbocycles. The topological polar surface area (TPSA) is 41.5 Å². The Hall–Kier alpha value is -0.380. The first-order valence-corrected chi connectivity index (χ1v) is 3.86. The number of hydrogen-bond acceptors (Lipinski definition) is 3. The predicted molar refractivity (Wildman–Crippen MR) is 45.3 cm³/mol. The van der Waals surface area contributed by atoms with Crippen molar-refractivity contribution in [2.75, 3.05) is 13.2 Å². The molecule has 2 unspecified atom stereocenters. The van der Waals surface area contributed by atoms with Crippen molar-refractivity contribution in [2.45, 2.75) is 26.2 Å². The van der Waals surface area contributed by atoms with Gasteiger partial charge in [0, 0.05) is 0 Å². The molecule has 0 fully saturated rings. The van der Waals surface area contributed by atoms with E-state index in [1.807, 2.05) is 6.92 Å². The van der Waals surface area contributed by atoms with E-state index in [1.54, 1.807) is 13.0 Å². The SMILES string of the molecule is C=CCOC(NCC)C(C)O. The molecule has 0 aromatic rings. The molecule has 11 heavy (non-hydrogen) atoms. The predicted octanol–water partition coefficient (Wildman–Crippen LogP) is 0.505. The van der Waals surface area contributed by atoms with Crippen molar-refractivity contribution >= 4 is 0 Å². The van der Waals surface area contributed by atoms with Crippen LogP contribution < -0.4 is 5.32 Å². The van der Waals surface area contributed by atoms with E-state index in [4.69, 9.17) is 9.84 Å². The summed E-state index contributed by atoms with van der Waals surface area (Å²) < 4.78 is 5.21. The molecule has 0 rings (SSSR count). The number of hydrogen-bond donors (Lipinski definition) is 2. The van der Waals surface area contributed by atoms with Crippen molar-refractivity contribution in [3.05, 3.63) is 12.7 Å². The zero-order valence-electron chi connectivity index (χ0n) is 7.21. The number of nitrogens with one attached hydrogen (secondary N) is 1. The molecule has 2 atom stereocenters. The monoisotopic (exact) mass is 159 g/mol. The molecule has 0 amide bonds. The summed E-state index contributed by atoms with van der Waals surface area (Å²) in [5.41, 5.74) is 0. The van der Waals surface area contributed by atoms with Crippen molar-refractivity contribution in [3.63, 3.8) is 0 Å². The standard InChI is InChI=1S/C8H17NO2/c1-4-6-11-8(7(3)10)9-5-2/h4,7-10H,1,5-6H2,2-3H3. The zero-order valence-corrected chi connectivity index (χ0v) is 7.21. The van der Waals surface area contributed by atoms with Crippen LogP contribution in [0.4, 0.5) is 0 Å². The zero-order chi connectivity index (χ0) is 8.69. The molecule has 0 aromatic carbocycles. The molecular weight excluding hydrogens is 142 g/mol. The third-order valence-corrected chi connectivity index (χ3v) is 1.24. The maximum atomic E-state index is 9.15. The fraction of sp³-hybridized carbons (Fsp3) is 0.750. The highest BCUT2D eigenvalue weighted by Gasteiger charge is 2.11. The maximum Gasteiger partial charge on any atom is 0.134 e. The van der Waals surface area contributed by atoms with Crippen molar-refractivity contribution in [1.82, 2.24) is 5.32 Å². The van der Waals surface area contributed by atoms with Crippen LogP contribution in [-0.2, 0) is 4.74 Å². The first-order valence-electron chi connectivity index (χ1n) is 3.86. The van der Waals surface area contributed by atoms with Gasteiger partial charge in [0.25, 0.3) is 0 Å². The third-order valence-electron chi connectivity index (χ3n) is 1.24. The average molecular weight is 159 g/mol. The summed E-state index contributed by atoms with van der Waals surface area (Å²) >= 11 is 0. The van der Waals surface area contributed by atoms with Gasteiger partial charge in [0.15, 0.2) is 0 Å². The van der Waals surface area contributed by atoms with Crippen LogP contribution >= 0.6 is 0 Å². The Balaban J connectivity index is 3.59. The van der Waals surface area contributed by atoms with E-state index in [0.29, 0.717) is 6.61 Å². The van der Waals surface area contributed by atoms with Gasteiger partial charge in [0.1, 0.15) is 6.23 Å². The summed E-state index contributed by atoms with van der Waals surface area (Å²) in [4.78, 5) is 0. The van der Waals surface area contributed by atoms with E-state index in [-0.39, 0.29) is 6.23 Å². The molecule has 0 saturated heterocycles. The van der Waals surface area contributed by atoms with Crippen molar-refractivity contribution in [2.24, 2.45) is 0 Å². The van der Waals surface area contributed by atoms with E-state index in [9.17, 15) is 0 Å². The van der Waals surface area contributed by atoms with Gasteiger partial charge in [-0.15, -0.1) is 6.58 Å². The molecule has 0 heterocycles. The molecule has 0 aromatic heterocycles. The Morgan fingerprint density at radius 2 is 2.36 bits per heavy atom. The Morgan fingerprint density at radius 3 is 2.73 bits per heavy atom. The van der Waals surface area contributed by atoms with Gasteiger partial charge < -0.3 is 9.84 Å². The highest BCUT2D eigenvalue weighted by atomic mass is 16.5. The van der Waals surface area contributed by atoms with Crippen LogP contribution in [0.5, 0.6) is 0 Å². The maximum absolute atomic E-state index is 9.15. The van der Waals surface area contributed by atoms with E-state index in [2.05, 4.69) is 11.9 Å². The van der Waals surface area contributed by atoms with E-state index in [0.717, 1.165) is 6.54 Å². The fourth-order valence-corrected chi connectivity index (χ4v) is 0.742. The minimum absolute atomic E-state index is 0.280. The lowest BCUT2D eigenvalue weighted by atomic mass is 10.3. The average Bonchev–Trinajstić information content (AvgIpc) is 1.97. The number of rotatable bonds is 6. The second kappa shape index (κ2) is 6.34. The minimum atomic E-state index is -0.491. The van der Waals surface area contributed by atoms with Gasteiger partial charge >= 0.3 is 0 Å². The van der Waals surface area contributed by atoms with Gasteiger partial charge in [-0.3, -0.25) is 5.32 Å². The molecule has 66 valence electrons. The normalized spacial score (nSPS) is 15.9. The van der Waals surface area contributed by atoms with E-state index in [1.165, 1.54) is 0 Å². The molecule has 0 bridgehead atoms. The van der Waals surface area contributed by atoms with E-state index >= 15 is 0 Å². The molecule has 2 N–H and O–H groups in total. The second-order valence-corrected chi connectivity index (χ2v) is 2.34. The summed E-state index contributed by atoms with van der Waals surface area (Å²) in [6.07, 6.45) is 0.889. The van der Waals surface area contributed by atoms with E-state index < -0.39 is 6.10 Å². The van der Waals surface area contributed by atoms with Gasteiger partial charge in [-0.2, -0.15) is 0 Å². The van der Waals surface area contributed by atoms with Crippen LogP contribution in [0.1, 0.15) is 13.8 Å². The molecule has 3 nitrogen and oxygen atoms in total. The molecule has 0 radical (unpaired) electrons. The largest absolute Gasteiger partial charge is 0.389 e. The number of likely N-dealkylation sites (N-methyl/N-ethyl adjacent to an activating group) is 1. The molecule has 0 aliphatic heterocycles. The highest BCUT2D eigenvalue weighted by Crippen LogP contribution is 1.94. The molecule has 3 heteroatoms. The van der Waals surface area contributed by atoms with Crippen LogP contribution in [0.2, 0.25) is 0 Å². The molecule has 0 saturated carbocycles. The van der Waals surface area contributed by atoms with Gasteiger partial charge in [0.05, 0.1) is 12.7 Å². The molecular formula is C8H17NO2. The Labute approximate surface area is 68.1 Å². The van der Waals surface area contributed by atoms with Crippen LogP contribution in [0.3, 0.4) is 0 Å². The van der Waals surface area contributed by atoms with Crippen molar-refractivity contribution in [3.8, 4) is 0 Å². The summed E-state index contributed by atoms with van der Waals surface area (Å²) in [6.45, 7) is 8.42. The van der Waals surface area contributed by atoms with Crippen molar-refractivity contribution < 1.29 is 9.84 Å². The summed E-state index contributed by atoms with van der Waals surface area (Å²) in [5.74, 6) is 0. The first-order chi connectivity index (χ1) is 5.22. The number of aliphatic hydroxyl groups excluding tert-OH is 1. The Kier molecular flexibility index (Phi) is 6.12. The highest BCUT2D eigenvalue weighted by molar-refractivity contribution is 4.68. The van der Waals surface area contributed by atoms with Crippen LogP contribution in [-0.4, -0.2) is 30.6 Å². The Bertz CT molecular complexity index is 104. The van der Waals surface area contributed by atoms with Gasteiger partial charge in [-0.25, -0.2) is 0 Å². The fourth-order valence-electron chi connectivity index (χ4n) is 0.742. The van der Waals surface area contributed by atoms with Gasteiger partial charge in [0.2, 0.25) is 0 Å². The third kappa shape index (κ3) is 4.95. The van der Waals surface area contributed by atoms with Crippen molar-refractivity contribution in [1.29, 1.82) is 0 Å². The first kappa shape index (κ1) is 10.6. The number of aliphatic hydroxyl groups is 1. The Morgan fingerprint density at radius 1 is 1.73 bits per heavy atom.